The number of rotatable bonds is 3. The van der Waals surface area contributed by atoms with E-state index in [-0.39, 0.29) is 18.8 Å². The summed E-state index contributed by atoms with van der Waals surface area (Å²) >= 11 is 1.73. The number of thiazole rings is 1. The normalized spacial score (nSPS) is 24.1. The summed E-state index contributed by atoms with van der Waals surface area (Å²) in [7, 11) is 0. The largest absolute Gasteiger partial charge is 0.454 e. The Balaban J connectivity index is 1.43. The highest BCUT2D eigenvalue weighted by molar-refractivity contribution is 7.11. The van der Waals surface area contributed by atoms with Crippen LogP contribution in [-0.4, -0.2) is 41.0 Å². The molecule has 5 nitrogen and oxygen atoms in total. The van der Waals surface area contributed by atoms with Gasteiger partial charge in [0.25, 0.3) is 0 Å². The van der Waals surface area contributed by atoms with E-state index >= 15 is 0 Å². The van der Waals surface area contributed by atoms with Gasteiger partial charge < -0.3 is 14.6 Å². The van der Waals surface area contributed by atoms with Gasteiger partial charge in [-0.2, -0.15) is 0 Å². The van der Waals surface area contributed by atoms with Gasteiger partial charge in [-0.05, 0) is 37.6 Å². The molecule has 2 aromatic rings. The lowest BCUT2D eigenvalue weighted by Gasteiger charge is -2.36. The molecule has 23 heavy (non-hydrogen) atoms. The molecule has 0 aliphatic carbocycles. The number of aromatic nitrogens is 1. The van der Waals surface area contributed by atoms with E-state index in [4.69, 9.17) is 9.47 Å². The second-order valence-electron chi connectivity index (χ2n) is 6.16. The van der Waals surface area contributed by atoms with Crippen LogP contribution in [0.4, 0.5) is 0 Å². The third-order valence-corrected chi connectivity index (χ3v) is 5.44. The molecule has 1 aromatic carbocycles. The van der Waals surface area contributed by atoms with Crippen LogP contribution >= 0.6 is 11.3 Å². The summed E-state index contributed by atoms with van der Waals surface area (Å²) in [5.41, 5.74) is 1.13. The molecular weight excluding hydrogens is 312 g/mol. The molecule has 1 saturated heterocycles. The van der Waals surface area contributed by atoms with Crippen molar-refractivity contribution in [1.29, 1.82) is 0 Å². The molecular formula is C17H20N2O3S. The lowest BCUT2D eigenvalue weighted by Crippen LogP contribution is -2.42. The maximum atomic E-state index is 10.6. The Morgan fingerprint density at radius 1 is 1.35 bits per heavy atom. The van der Waals surface area contributed by atoms with Crippen LogP contribution in [0.15, 0.2) is 24.4 Å². The van der Waals surface area contributed by atoms with E-state index in [0.29, 0.717) is 6.54 Å². The number of aryl methyl sites for hydroxylation is 1. The van der Waals surface area contributed by atoms with Crippen LogP contribution in [0.1, 0.15) is 27.8 Å². The standard InChI is InChI=1S/C17H20N2O3S/c1-11-18-7-13(23-11)8-19-5-4-14(15(20)9-19)12-2-3-16-17(6-12)22-10-21-16/h2-3,6-7,14-15,20H,4-5,8-10H2,1H3/t14-,15+/m0/s1. The quantitative estimate of drug-likeness (QED) is 0.936. The average Bonchev–Trinajstić information content (AvgIpc) is 3.15. The van der Waals surface area contributed by atoms with Gasteiger partial charge in [-0.3, -0.25) is 4.90 Å². The number of fused-ring (bicyclic) bond motifs is 1. The first-order valence-corrected chi connectivity index (χ1v) is 8.72. The number of ether oxygens (including phenoxy) is 2. The summed E-state index contributed by atoms with van der Waals surface area (Å²) in [6, 6.07) is 6.00. The van der Waals surface area contributed by atoms with Crippen molar-refractivity contribution in [2.75, 3.05) is 19.9 Å². The van der Waals surface area contributed by atoms with Crippen LogP contribution in [-0.2, 0) is 6.54 Å². The minimum Gasteiger partial charge on any atom is -0.454 e. The molecule has 4 rings (SSSR count). The van der Waals surface area contributed by atoms with Crippen LogP contribution in [0.3, 0.4) is 0 Å². The maximum Gasteiger partial charge on any atom is 0.231 e. The molecule has 122 valence electrons. The summed E-state index contributed by atoms with van der Waals surface area (Å²) in [6.07, 6.45) is 2.52. The van der Waals surface area contributed by atoms with E-state index in [1.165, 1.54) is 4.88 Å². The number of β-amino-alcohol motifs (C(OH)–C–C–N with tert-alkyl or cyclic N) is 1. The molecule has 1 N–H and O–H groups in total. The van der Waals surface area contributed by atoms with E-state index in [1.807, 2.05) is 31.3 Å². The van der Waals surface area contributed by atoms with Gasteiger partial charge in [0.1, 0.15) is 0 Å². The zero-order valence-electron chi connectivity index (χ0n) is 13.1. The van der Waals surface area contributed by atoms with Crippen molar-refractivity contribution in [3.63, 3.8) is 0 Å². The van der Waals surface area contributed by atoms with Crippen molar-refractivity contribution in [1.82, 2.24) is 9.88 Å². The zero-order valence-corrected chi connectivity index (χ0v) is 13.9. The summed E-state index contributed by atoms with van der Waals surface area (Å²) < 4.78 is 10.8. The third-order valence-electron chi connectivity index (χ3n) is 4.54. The van der Waals surface area contributed by atoms with Crippen molar-refractivity contribution in [3.05, 3.63) is 39.8 Å². The van der Waals surface area contributed by atoms with E-state index < -0.39 is 0 Å². The number of aliphatic hydroxyl groups is 1. The molecule has 0 unspecified atom stereocenters. The number of aliphatic hydroxyl groups excluding tert-OH is 1. The van der Waals surface area contributed by atoms with Crippen molar-refractivity contribution in [2.24, 2.45) is 0 Å². The Morgan fingerprint density at radius 2 is 2.22 bits per heavy atom. The number of hydrogen-bond acceptors (Lipinski definition) is 6. The first-order chi connectivity index (χ1) is 11.2. The van der Waals surface area contributed by atoms with Gasteiger partial charge in [0, 0.05) is 30.1 Å². The summed E-state index contributed by atoms with van der Waals surface area (Å²) in [6.45, 7) is 4.85. The predicted molar refractivity (Wildman–Crippen MR) is 88.1 cm³/mol. The van der Waals surface area contributed by atoms with Crippen molar-refractivity contribution in [2.45, 2.75) is 31.9 Å². The Labute approximate surface area is 139 Å². The summed E-state index contributed by atoms with van der Waals surface area (Å²) in [4.78, 5) is 7.87. The number of likely N-dealkylation sites (tertiary alicyclic amines) is 1. The van der Waals surface area contributed by atoms with Gasteiger partial charge in [0.05, 0.1) is 11.1 Å². The summed E-state index contributed by atoms with van der Waals surface area (Å²) in [5, 5.41) is 11.7. The smallest absolute Gasteiger partial charge is 0.231 e. The molecule has 6 heteroatoms. The van der Waals surface area contributed by atoms with Gasteiger partial charge in [-0.15, -0.1) is 11.3 Å². The van der Waals surface area contributed by atoms with Crippen LogP contribution < -0.4 is 9.47 Å². The average molecular weight is 332 g/mol. The third kappa shape index (κ3) is 3.06. The molecule has 1 aromatic heterocycles. The Kier molecular flexibility index (Phi) is 3.97. The molecule has 2 aliphatic heterocycles. The number of benzene rings is 1. The molecule has 0 bridgehead atoms. The lowest BCUT2D eigenvalue weighted by molar-refractivity contribution is 0.0480. The monoisotopic (exact) mass is 332 g/mol. The fourth-order valence-corrected chi connectivity index (χ4v) is 4.21. The van der Waals surface area contributed by atoms with E-state index in [2.05, 4.69) is 9.88 Å². The minimum absolute atomic E-state index is 0.156. The highest BCUT2D eigenvalue weighted by atomic mass is 32.1. The maximum absolute atomic E-state index is 10.6. The minimum atomic E-state index is -0.363. The first-order valence-electron chi connectivity index (χ1n) is 7.90. The van der Waals surface area contributed by atoms with Gasteiger partial charge >= 0.3 is 0 Å². The molecule has 0 saturated carbocycles. The number of hydrogen-bond donors (Lipinski definition) is 1. The topological polar surface area (TPSA) is 54.8 Å². The van der Waals surface area contributed by atoms with Crippen LogP contribution in [0.2, 0.25) is 0 Å². The SMILES string of the molecule is Cc1ncc(CN2CC[C@@H](c3ccc4c(c3)OCO4)[C@H](O)C2)s1. The van der Waals surface area contributed by atoms with Crippen molar-refractivity contribution >= 4 is 11.3 Å². The molecule has 2 atom stereocenters. The Bertz CT molecular complexity index is 703. The van der Waals surface area contributed by atoms with Gasteiger partial charge in [0.2, 0.25) is 6.79 Å². The predicted octanol–water partition coefficient (Wildman–Crippen LogP) is 2.53. The molecule has 0 amide bonds. The number of piperidine rings is 1. The lowest BCUT2D eigenvalue weighted by atomic mass is 9.87. The Morgan fingerprint density at radius 3 is 3.00 bits per heavy atom. The molecule has 2 aliphatic rings. The van der Waals surface area contributed by atoms with E-state index in [1.54, 1.807) is 11.3 Å². The molecule has 1 fully saturated rings. The van der Waals surface area contributed by atoms with Crippen molar-refractivity contribution < 1.29 is 14.6 Å². The van der Waals surface area contributed by atoms with Crippen LogP contribution in [0.25, 0.3) is 0 Å². The number of nitrogens with zero attached hydrogens (tertiary/aromatic N) is 2. The Hall–Kier alpha value is -1.63. The van der Waals surface area contributed by atoms with Crippen molar-refractivity contribution in [3.8, 4) is 11.5 Å². The van der Waals surface area contributed by atoms with E-state index in [0.717, 1.165) is 41.6 Å². The fourth-order valence-electron chi connectivity index (χ4n) is 3.37. The zero-order chi connectivity index (χ0) is 15.8. The fraction of sp³-hybridized carbons (Fsp3) is 0.471. The molecule has 0 radical (unpaired) electrons. The van der Waals surface area contributed by atoms with Gasteiger partial charge in [0.15, 0.2) is 11.5 Å². The van der Waals surface area contributed by atoms with Gasteiger partial charge in [-0.25, -0.2) is 4.98 Å². The highest BCUT2D eigenvalue weighted by Crippen LogP contribution is 2.37. The molecule has 0 spiro atoms. The first kappa shape index (κ1) is 14.9. The summed E-state index contributed by atoms with van der Waals surface area (Å²) in [5.74, 6) is 1.74. The van der Waals surface area contributed by atoms with Crippen LogP contribution in [0.5, 0.6) is 11.5 Å². The van der Waals surface area contributed by atoms with E-state index in [9.17, 15) is 5.11 Å². The molecule has 3 heterocycles. The second-order valence-corrected chi connectivity index (χ2v) is 7.48. The second kappa shape index (κ2) is 6.11. The van der Waals surface area contributed by atoms with Crippen LogP contribution in [0, 0.1) is 6.92 Å². The highest BCUT2D eigenvalue weighted by Gasteiger charge is 2.30. The van der Waals surface area contributed by atoms with Gasteiger partial charge in [-0.1, -0.05) is 6.07 Å².